The molecule has 9 nitrogen and oxygen atoms in total. The smallest absolute Gasteiger partial charge is 0.358 e. The number of amides is 2. The topological polar surface area (TPSA) is 120 Å². The Balaban J connectivity index is 1.79. The van der Waals surface area contributed by atoms with E-state index in [9.17, 15) is 14.4 Å². The quantitative estimate of drug-likeness (QED) is 0.761. The molecule has 2 amide bonds. The lowest BCUT2D eigenvalue weighted by atomic mass is 10.0. The number of aromatic nitrogens is 2. The third kappa shape index (κ3) is 4.02. The molecule has 0 spiro atoms. The summed E-state index contributed by atoms with van der Waals surface area (Å²) in [6.45, 7) is 3.19. The summed E-state index contributed by atoms with van der Waals surface area (Å²) < 4.78 is 10.2. The molecule has 0 saturated heterocycles. The molecule has 1 aliphatic heterocycles. The molecule has 9 heteroatoms. The molecule has 3 rings (SSSR count). The third-order valence-electron chi connectivity index (χ3n) is 3.87. The predicted molar refractivity (Wildman–Crippen MR) is 94.6 cm³/mol. The van der Waals surface area contributed by atoms with E-state index in [2.05, 4.69) is 20.6 Å². The molecule has 1 aromatic carbocycles. The van der Waals surface area contributed by atoms with Gasteiger partial charge >= 0.3 is 18.0 Å². The van der Waals surface area contributed by atoms with Crippen molar-refractivity contribution in [3.05, 3.63) is 47.4 Å². The molecule has 0 bridgehead atoms. The number of nitrogens with zero attached hydrogens (tertiary/aromatic N) is 2. The Kier molecular flexibility index (Phi) is 5.30. The number of carbonyl (C=O) groups is 3. The molecule has 140 valence electrons. The minimum Gasteiger partial charge on any atom is -0.463 e. The van der Waals surface area contributed by atoms with Crippen LogP contribution in [0, 0.1) is 0 Å². The fourth-order valence-electron chi connectivity index (χ4n) is 2.66. The average molecular weight is 370 g/mol. The fraction of sp³-hybridized carbons (Fsp3) is 0.278. The zero-order valence-electron chi connectivity index (χ0n) is 14.8. The summed E-state index contributed by atoms with van der Waals surface area (Å²) in [7, 11) is 0. The van der Waals surface area contributed by atoms with E-state index < -0.39 is 24.0 Å². The van der Waals surface area contributed by atoms with Crippen molar-refractivity contribution in [3.63, 3.8) is 0 Å². The average Bonchev–Trinajstić information content (AvgIpc) is 2.65. The van der Waals surface area contributed by atoms with Crippen LogP contribution in [-0.4, -0.2) is 47.2 Å². The van der Waals surface area contributed by atoms with Crippen molar-refractivity contribution in [2.45, 2.75) is 19.9 Å². The molecule has 1 aliphatic rings. The Bertz CT molecular complexity index is 940. The molecular weight excluding hydrogens is 352 g/mol. The summed E-state index contributed by atoms with van der Waals surface area (Å²) in [5.74, 6) is -1.31. The Morgan fingerprint density at radius 1 is 1.15 bits per heavy atom. The van der Waals surface area contributed by atoms with Gasteiger partial charge in [0.2, 0.25) is 0 Å². The molecule has 2 aromatic rings. The van der Waals surface area contributed by atoms with Gasteiger partial charge in [-0.3, -0.25) is 4.98 Å². The number of para-hydroxylation sites is 2. The van der Waals surface area contributed by atoms with Gasteiger partial charge in [0.05, 0.1) is 41.1 Å². The maximum atomic E-state index is 12.3. The van der Waals surface area contributed by atoms with Gasteiger partial charge in [0.25, 0.3) is 0 Å². The van der Waals surface area contributed by atoms with Crippen molar-refractivity contribution in [1.29, 1.82) is 0 Å². The van der Waals surface area contributed by atoms with E-state index in [1.807, 2.05) is 6.07 Å². The summed E-state index contributed by atoms with van der Waals surface area (Å²) in [4.78, 5) is 44.5. The van der Waals surface area contributed by atoms with Gasteiger partial charge in [0.15, 0.2) is 5.69 Å². The normalized spacial score (nSPS) is 16.5. The maximum absolute atomic E-state index is 12.3. The van der Waals surface area contributed by atoms with E-state index in [0.717, 1.165) is 0 Å². The van der Waals surface area contributed by atoms with Gasteiger partial charge < -0.3 is 20.1 Å². The lowest BCUT2D eigenvalue weighted by Crippen LogP contribution is -2.50. The molecule has 0 radical (unpaired) electrons. The van der Waals surface area contributed by atoms with E-state index in [4.69, 9.17) is 9.47 Å². The first-order chi connectivity index (χ1) is 13.0. The number of benzene rings is 1. The highest BCUT2D eigenvalue weighted by molar-refractivity contribution is 5.95. The third-order valence-corrected chi connectivity index (χ3v) is 3.87. The minimum atomic E-state index is -0.718. The van der Waals surface area contributed by atoms with Crippen LogP contribution in [0.15, 0.2) is 41.7 Å². The molecule has 0 aliphatic carbocycles. The van der Waals surface area contributed by atoms with Crippen molar-refractivity contribution in [2.24, 2.45) is 0 Å². The van der Waals surface area contributed by atoms with Crippen LogP contribution in [0.2, 0.25) is 0 Å². The SMILES string of the molecule is CCOC(=O)C1=C(COC(=O)c2cnc3ccccc3n2)NC(=O)N[C@@H]1C. The Labute approximate surface area is 154 Å². The number of hydrogen-bond donors (Lipinski definition) is 2. The van der Waals surface area contributed by atoms with E-state index >= 15 is 0 Å². The van der Waals surface area contributed by atoms with Crippen molar-refractivity contribution in [2.75, 3.05) is 13.2 Å². The van der Waals surface area contributed by atoms with Crippen LogP contribution in [0.3, 0.4) is 0 Å². The van der Waals surface area contributed by atoms with E-state index in [1.54, 1.807) is 32.0 Å². The Morgan fingerprint density at radius 2 is 1.89 bits per heavy atom. The van der Waals surface area contributed by atoms with Crippen molar-refractivity contribution in [1.82, 2.24) is 20.6 Å². The zero-order valence-corrected chi connectivity index (χ0v) is 14.8. The molecule has 0 unspecified atom stereocenters. The Morgan fingerprint density at radius 3 is 2.63 bits per heavy atom. The number of nitrogens with one attached hydrogen (secondary N) is 2. The van der Waals surface area contributed by atoms with Gasteiger partial charge in [0, 0.05) is 0 Å². The van der Waals surface area contributed by atoms with Crippen LogP contribution in [0.5, 0.6) is 0 Å². The highest BCUT2D eigenvalue weighted by Crippen LogP contribution is 2.15. The molecule has 27 heavy (non-hydrogen) atoms. The van der Waals surface area contributed by atoms with Gasteiger partial charge in [-0.1, -0.05) is 12.1 Å². The first-order valence-electron chi connectivity index (χ1n) is 8.36. The Hall–Kier alpha value is -3.49. The van der Waals surface area contributed by atoms with Crippen LogP contribution in [-0.2, 0) is 14.3 Å². The van der Waals surface area contributed by atoms with Crippen LogP contribution in [0.1, 0.15) is 24.3 Å². The monoisotopic (exact) mass is 370 g/mol. The van der Waals surface area contributed by atoms with E-state index in [1.165, 1.54) is 6.20 Å². The molecule has 1 aromatic heterocycles. The summed E-state index contributed by atoms with van der Waals surface area (Å²) >= 11 is 0. The first kappa shape index (κ1) is 18.3. The van der Waals surface area contributed by atoms with Crippen LogP contribution < -0.4 is 10.6 Å². The second kappa shape index (κ2) is 7.81. The van der Waals surface area contributed by atoms with Crippen LogP contribution >= 0.6 is 0 Å². The lowest BCUT2D eigenvalue weighted by Gasteiger charge is -2.26. The second-order valence-corrected chi connectivity index (χ2v) is 5.75. The second-order valence-electron chi connectivity index (χ2n) is 5.75. The molecule has 0 fully saturated rings. The standard InChI is InChI=1S/C18H18N4O5/c1-3-26-17(24)15-10(2)20-18(25)22-14(15)9-27-16(23)13-8-19-11-6-4-5-7-12(11)21-13/h4-8,10H,3,9H2,1-2H3,(H2,20,22,25)/t10-/m1/s1. The van der Waals surface area contributed by atoms with E-state index in [0.29, 0.717) is 11.0 Å². The van der Waals surface area contributed by atoms with E-state index in [-0.39, 0.29) is 30.2 Å². The van der Waals surface area contributed by atoms with Crippen LogP contribution in [0.4, 0.5) is 4.79 Å². The van der Waals surface area contributed by atoms with Crippen molar-refractivity contribution >= 4 is 29.0 Å². The molecule has 2 heterocycles. The molecule has 0 saturated carbocycles. The van der Waals surface area contributed by atoms with Gasteiger partial charge in [0.1, 0.15) is 6.61 Å². The summed E-state index contributed by atoms with van der Waals surface area (Å²) in [6, 6.07) is 6.04. The van der Waals surface area contributed by atoms with Crippen LogP contribution in [0.25, 0.3) is 11.0 Å². The summed E-state index contributed by atoms with van der Waals surface area (Å²) in [6.07, 6.45) is 1.31. The lowest BCUT2D eigenvalue weighted by molar-refractivity contribution is -0.139. The number of fused-ring (bicyclic) bond motifs is 1. The number of urea groups is 1. The molecular formula is C18H18N4O5. The highest BCUT2D eigenvalue weighted by atomic mass is 16.5. The predicted octanol–water partition coefficient (Wildman–Crippen LogP) is 1.31. The fourth-order valence-corrected chi connectivity index (χ4v) is 2.66. The number of rotatable bonds is 5. The largest absolute Gasteiger partial charge is 0.463 e. The summed E-state index contributed by atoms with van der Waals surface area (Å²) in [5, 5.41) is 5.05. The molecule has 1 atom stereocenters. The first-order valence-corrected chi connectivity index (χ1v) is 8.36. The maximum Gasteiger partial charge on any atom is 0.358 e. The van der Waals surface area contributed by atoms with Gasteiger partial charge in [-0.15, -0.1) is 0 Å². The molecule has 2 N–H and O–H groups in total. The van der Waals surface area contributed by atoms with Gasteiger partial charge in [-0.05, 0) is 26.0 Å². The number of esters is 2. The number of hydrogen-bond acceptors (Lipinski definition) is 7. The minimum absolute atomic E-state index is 0.0281. The number of carbonyl (C=O) groups excluding carboxylic acids is 3. The highest BCUT2D eigenvalue weighted by Gasteiger charge is 2.30. The van der Waals surface area contributed by atoms with Crippen molar-refractivity contribution < 1.29 is 23.9 Å². The van der Waals surface area contributed by atoms with Gasteiger partial charge in [-0.2, -0.15) is 0 Å². The summed E-state index contributed by atoms with van der Waals surface area (Å²) in [5.41, 5.74) is 1.61. The zero-order chi connectivity index (χ0) is 19.4. The van der Waals surface area contributed by atoms with Gasteiger partial charge in [-0.25, -0.2) is 19.4 Å². The van der Waals surface area contributed by atoms with Crippen molar-refractivity contribution in [3.8, 4) is 0 Å². The number of ether oxygens (including phenoxy) is 2.